The van der Waals surface area contributed by atoms with E-state index in [1.54, 1.807) is 18.7 Å². The molecule has 0 saturated heterocycles. The third kappa shape index (κ3) is 1.17. The van der Waals surface area contributed by atoms with Crippen molar-refractivity contribution >= 4 is 12.6 Å². The van der Waals surface area contributed by atoms with Crippen molar-refractivity contribution < 1.29 is 0 Å². The standard InChI is InChI=1S/C8H7N3/c1-3-9-4-2-7(1)8-5-10-6-11-8/h1-6,8H. The predicted octanol–water partition coefficient (Wildman–Crippen LogP) is 1.24. The summed E-state index contributed by atoms with van der Waals surface area (Å²) in [6.45, 7) is 0. The first-order valence-corrected chi connectivity index (χ1v) is 3.42. The molecule has 0 fully saturated rings. The van der Waals surface area contributed by atoms with Crippen molar-refractivity contribution in [3.05, 3.63) is 30.1 Å². The molecule has 1 aliphatic rings. The van der Waals surface area contributed by atoms with E-state index in [9.17, 15) is 0 Å². The number of aliphatic imine (C=N–C) groups is 2. The topological polar surface area (TPSA) is 37.6 Å². The molecule has 0 aliphatic carbocycles. The Bertz CT molecular complexity index is 277. The van der Waals surface area contributed by atoms with E-state index >= 15 is 0 Å². The maximum absolute atomic E-state index is 4.13. The molecule has 0 saturated carbocycles. The molecule has 11 heavy (non-hydrogen) atoms. The number of rotatable bonds is 1. The Morgan fingerprint density at radius 3 is 2.64 bits per heavy atom. The summed E-state index contributed by atoms with van der Waals surface area (Å²) in [5.41, 5.74) is 1.14. The Labute approximate surface area is 64.5 Å². The van der Waals surface area contributed by atoms with E-state index in [0.29, 0.717) is 0 Å². The maximum atomic E-state index is 4.13. The fourth-order valence-electron chi connectivity index (χ4n) is 1.00. The van der Waals surface area contributed by atoms with E-state index in [1.165, 1.54) is 0 Å². The lowest BCUT2D eigenvalue weighted by molar-refractivity contribution is 1.00. The number of aromatic nitrogens is 1. The molecule has 3 nitrogen and oxygen atoms in total. The third-order valence-electron chi connectivity index (χ3n) is 1.57. The summed E-state index contributed by atoms with van der Waals surface area (Å²) in [5.74, 6) is 0. The second-order valence-electron chi connectivity index (χ2n) is 2.29. The fraction of sp³-hybridized carbons (Fsp3) is 0.125. The van der Waals surface area contributed by atoms with Gasteiger partial charge in [0.05, 0.1) is 0 Å². The minimum atomic E-state index is 0.109. The molecule has 1 unspecified atom stereocenters. The molecule has 0 bridgehead atoms. The van der Waals surface area contributed by atoms with Crippen molar-refractivity contribution in [3.63, 3.8) is 0 Å². The fourth-order valence-corrected chi connectivity index (χ4v) is 1.00. The SMILES string of the molecule is C1=NC=NC1c1ccncc1. The second kappa shape index (κ2) is 2.62. The van der Waals surface area contributed by atoms with Gasteiger partial charge in [-0.15, -0.1) is 0 Å². The molecule has 3 heteroatoms. The van der Waals surface area contributed by atoms with Gasteiger partial charge in [-0.3, -0.25) is 9.98 Å². The first-order valence-electron chi connectivity index (χ1n) is 3.42. The molecular weight excluding hydrogens is 138 g/mol. The summed E-state index contributed by atoms with van der Waals surface area (Å²) in [5, 5.41) is 0. The van der Waals surface area contributed by atoms with Crippen LogP contribution in [0, 0.1) is 0 Å². The van der Waals surface area contributed by atoms with Crippen molar-refractivity contribution in [2.24, 2.45) is 9.98 Å². The molecule has 1 atom stereocenters. The van der Waals surface area contributed by atoms with Crippen molar-refractivity contribution in [2.75, 3.05) is 0 Å². The number of hydrogen-bond acceptors (Lipinski definition) is 3. The lowest BCUT2D eigenvalue weighted by Gasteiger charge is -2.00. The predicted molar refractivity (Wildman–Crippen MR) is 44.0 cm³/mol. The lowest BCUT2D eigenvalue weighted by Crippen LogP contribution is -1.92. The van der Waals surface area contributed by atoms with Crippen molar-refractivity contribution in [1.29, 1.82) is 0 Å². The van der Waals surface area contributed by atoms with Crippen LogP contribution in [0.2, 0.25) is 0 Å². The summed E-state index contributed by atoms with van der Waals surface area (Å²) in [6.07, 6.45) is 6.91. The average Bonchev–Trinajstić information content (AvgIpc) is 2.58. The molecule has 2 heterocycles. The Morgan fingerprint density at radius 2 is 2.00 bits per heavy atom. The first kappa shape index (κ1) is 6.22. The number of hydrogen-bond donors (Lipinski definition) is 0. The monoisotopic (exact) mass is 145 g/mol. The van der Waals surface area contributed by atoms with Crippen LogP contribution in [0.1, 0.15) is 11.6 Å². The summed E-state index contributed by atoms with van der Waals surface area (Å²) in [6, 6.07) is 4.00. The van der Waals surface area contributed by atoms with Crippen molar-refractivity contribution in [1.82, 2.24) is 4.98 Å². The Kier molecular flexibility index (Phi) is 1.48. The van der Waals surface area contributed by atoms with E-state index in [0.717, 1.165) is 5.56 Å². The molecule has 1 aromatic rings. The van der Waals surface area contributed by atoms with Crippen LogP contribution in [0.25, 0.3) is 0 Å². The molecule has 0 spiro atoms. The average molecular weight is 145 g/mol. The van der Waals surface area contributed by atoms with Crippen LogP contribution < -0.4 is 0 Å². The van der Waals surface area contributed by atoms with Crippen LogP contribution in [0.3, 0.4) is 0 Å². The van der Waals surface area contributed by atoms with Gasteiger partial charge < -0.3 is 0 Å². The molecule has 54 valence electrons. The van der Waals surface area contributed by atoms with Gasteiger partial charge in [0, 0.05) is 18.6 Å². The lowest BCUT2D eigenvalue weighted by atomic mass is 10.1. The Hall–Kier alpha value is -1.51. The smallest absolute Gasteiger partial charge is 0.112 e. The van der Waals surface area contributed by atoms with E-state index in [2.05, 4.69) is 15.0 Å². The second-order valence-corrected chi connectivity index (χ2v) is 2.29. The van der Waals surface area contributed by atoms with Gasteiger partial charge in [0.2, 0.25) is 0 Å². The van der Waals surface area contributed by atoms with Crippen LogP contribution in [0.15, 0.2) is 34.5 Å². The molecule has 0 amide bonds. The molecule has 0 radical (unpaired) electrons. The molecule has 0 N–H and O–H groups in total. The third-order valence-corrected chi connectivity index (χ3v) is 1.57. The van der Waals surface area contributed by atoms with Gasteiger partial charge >= 0.3 is 0 Å². The maximum Gasteiger partial charge on any atom is 0.112 e. The van der Waals surface area contributed by atoms with Crippen LogP contribution in [-0.4, -0.2) is 17.5 Å². The van der Waals surface area contributed by atoms with E-state index in [1.807, 2.05) is 18.3 Å². The Morgan fingerprint density at radius 1 is 1.18 bits per heavy atom. The van der Waals surface area contributed by atoms with Crippen LogP contribution in [0.4, 0.5) is 0 Å². The van der Waals surface area contributed by atoms with E-state index in [4.69, 9.17) is 0 Å². The van der Waals surface area contributed by atoms with Gasteiger partial charge in [-0.25, -0.2) is 4.99 Å². The van der Waals surface area contributed by atoms with Gasteiger partial charge in [0.1, 0.15) is 12.4 Å². The highest BCUT2D eigenvalue weighted by atomic mass is 14.9. The molecule has 1 aliphatic heterocycles. The molecule has 2 rings (SSSR count). The zero-order valence-electron chi connectivity index (χ0n) is 5.88. The van der Waals surface area contributed by atoms with Gasteiger partial charge in [-0.05, 0) is 17.7 Å². The molecule has 1 aromatic heterocycles. The highest BCUT2D eigenvalue weighted by Gasteiger charge is 2.07. The summed E-state index contributed by atoms with van der Waals surface area (Å²) in [4.78, 5) is 12.0. The quantitative estimate of drug-likeness (QED) is 0.585. The zero-order valence-corrected chi connectivity index (χ0v) is 5.88. The normalized spacial score (nSPS) is 20.9. The summed E-state index contributed by atoms with van der Waals surface area (Å²) < 4.78 is 0. The van der Waals surface area contributed by atoms with Crippen molar-refractivity contribution in [3.8, 4) is 0 Å². The summed E-state index contributed by atoms with van der Waals surface area (Å²) in [7, 11) is 0. The van der Waals surface area contributed by atoms with Gasteiger partial charge in [0.15, 0.2) is 0 Å². The largest absolute Gasteiger partial charge is 0.265 e. The zero-order chi connectivity index (χ0) is 7.52. The minimum Gasteiger partial charge on any atom is -0.265 e. The molecule has 0 aromatic carbocycles. The minimum absolute atomic E-state index is 0.109. The highest BCUT2D eigenvalue weighted by molar-refractivity contribution is 5.83. The van der Waals surface area contributed by atoms with Gasteiger partial charge in [-0.1, -0.05) is 0 Å². The van der Waals surface area contributed by atoms with E-state index < -0.39 is 0 Å². The van der Waals surface area contributed by atoms with Crippen LogP contribution in [-0.2, 0) is 0 Å². The van der Waals surface area contributed by atoms with Crippen LogP contribution >= 0.6 is 0 Å². The highest BCUT2D eigenvalue weighted by Crippen LogP contribution is 2.15. The molecular formula is C8H7N3. The van der Waals surface area contributed by atoms with Crippen LogP contribution in [0.5, 0.6) is 0 Å². The van der Waals surface area contributed by atoms with Gasteiger partial charge in [0.25, 0.3) is 0 Å². The van der Waals surface area contributed by atoms with E-state index in [-0.39, 0.29) is 6.04 Å². The number of nitrogens with zero attached hydrogens (tertiary/aromatic N) is 3. The Balaban J connectivity index is 2.30. The number of pyridine rings is 1. The first-order chi connectivity index (χ1) is 5.47. The van der Waals surface area contributed by atoms with Crippen molar-refractivity contribution in [2.45, 2.75) is 6.04 Å². The summed E-state index contributed by atoms with van der Waals surface area (Å²) >= 11 is 0. The van der Waals surface area contributed by atoms with Gasteiger partial charge in [-0.2, -0.15) is 0 Å².